The van der Waals surface area contributed by atoms with E-state index in [0.29, 0.717) is 16.4 Å². The lowest BCUT2D eigenvalue weighted by Gasteiger charge is -2.09. The van der Waals surface area contributed by atoms with Crippen LogP contribution >= 0.6 is 11.6 Å². The van der Waals surface area contributed by atoms with Crippen LogP contribution in [0.15, 0.2) is 75.9 Å². The highest BCUT2D eigenvalue weighted by Crippen LogP contribution is 2.20. The summed E-state index contributed by atoms with van der Waals surface area (Å²) in [6.45, 7) is 2.93. The van der Waals surface area contributed by atoms with Crippen LogP contribution in [0.3, 0.4) is 0 Å². The molecule has 3 rings (SSSR count). The van der Waals surface area contributed by atoms with Crippen molar-refractivity contribution in [1.29, 1.82) is 0 Å². The van der Waals surface area contributed by atoms with Crippen molar-refractivity contribution in [2.45, 2.75) is 24.8 Å². The van der Waals surface area contributed by atoms with Gasteiger partial charge in [-0.05, 0) is 68.4 Å². The predicted molar refractivity (Wildman–Crippen MR) is 123 cm³/mol. The highest BCUT2D eigenvalue weighted by atomic mass is 35.5. The number of benzene rings is 2. The van der Waals surface area contributed by atoms with Crippen LogP contribution in [0.4, 0.5) is 17.3 Å². The molecule has 3 aromatic rings. The summed E-state index contributed by atoms with van der Waals surface area (Å²) in [5.74, 6) is -1.21. The van der Waals surface area contributed by atoms with Crippen LogP contribution in [0.2, 0.25) is 5.02 Å². The van der Waals surface area contributed by atoms with Gasteiger partial charge in [0.2, 0.25) is 12.0 Å². The van der Waals surface area contributed by atoms with E-state index in [-0.39, 0.29) is 16.5 Å². The van der Waals surface area contributed by atoms with E-state index in [2.05, 4.69) is 30.2 Å². The maximum absolute atomic E-state index is 12.5. The lowest BCUT2D eigenvalue weighted by molar-refractivity contribution is -0.126. The number of anilines is 2. The highest BCUT2D eigenvalue weighted by Gasteiger charge is 2.23. The summed E-state index contributed by atoms with van der Waals surface area (Å²) in [5, 5.41) is 10.8. The Morgan fingerprint density at radius 3 is 2.30 bits per heavy atom. The number of azo groups is 1. The molecule has 1 atom stereocenters. The molecule has 0 spiro atoms. The van der Waals surface area contributed by atoms with Gasteiger partial charge in [0.15, 0.2) is 5.78 Å². The molecule has 0 bridgehead atoms. The summed E-state index contributed by atoms with van der Waals surface area (Å²) in [6.07, 6.45) is 1.44. The molecule has 0 aliphatic heterocycles. The number of aryl methyl sites for hydroxylation is 1. The maximum atomic E-state index is 12.5. The Bertz CT molecular complexity index is 1300. The third-order valence-electron chi connectivity index (χ3n) is 4.20. The quantitative estimate of drug-likeness (QED) is 0.365. The van der Waals surface area contributed by atoms with Gasteiger partial charge < -0.3 is 5.32 Å². The molecule has 33 heavy (non-hydrogen) atoms. The zero-order valence-electron chi connectivity index (χ0n) is 17.6. The van der Waals surface area contributed by atoms with Crippen LogP contribution in [0.5, 0.6) is 0 Å². The van der Waals surface area contributed by atoms with E-state index < -0.39 is 27.8 Å². The van der Waals surface area contributed by atoms with E-state index >= 15 is 0 Å². The summed E-state index contributed by atoms with van der Waals surface area (Å²) < 4.78 is 27.3. The molecule has 1 heterocycles. The van der Waals surface area contributed by atoms with Gasteiger partial charge >= 0.3 is 0 Å². The number of ketones is 1. The monoisotopic (exact) mass is 486 g/mol. The fraction of sp³-hybridized carbons (Fsp3) is 0.143. The topological polar surface area (TPSA) is 143 Å². The molecular formula is C21H19ClN6O4S. The van der Waals surface area contributed by atoms with Crippen molar-refractivity contribution in [3.8, 4) is 0 Å². The van der Waals surface area contributed by atoms with E-state index in [0.717, 1.165) is 0 Å². The van der Waals surface area contributed by atoms with Crippen LogP contribution in [-0.4, -0.2) is 36.1 Å². The summed E-state index contributed by atoms with van der Waals surface area (Å²) in [6, 6.07) is 12.0. The Morgan fingerprint density at radius 2 is 1.70 bits per heavy atom. The van der Waals surface area contributed by atoms with E-state index in [1.165, 1.54) is 37.4 Å². The number of sulfonamides is 1. The number of halogens is 1. The molecule has 2 aromatic carbocycles. The molecular weight excluding hydrogens is 468 g/mol. The Kier molecular flexibility index (Phi) is 7.46. The number of amides is 1. The second kappa shape index (κ2) is 10.3. The standard InChI is InChI=1S/C21H19ClN6O4S/c1-13-11-12-23-21(24-13)28-33(31,32)18-9-7-17(8-10-18)26-27-19(14(2)29)20(30)25-16-5-3-15(22)4-6-16/h3-12,19H,1-2H3,(H,25,30)(H,23,24,28). The van der Waals surface area contributed by atoms with Crippen LogP contribution in [-0.2, 0) is 19.6 Å². The van der Waals surface area contributed by atoms with Crippen LogP contribution in [0, 0.1) is 6.92 Å². The van der Waals surface area contributed by atoms with Crippen LogP contribution < -0.4 is 10.0 Å². The predicted octanol–water partition coefficient (Wildman–Crippen LogP) is 3.92. The smallest absolute Gasteiger partial charge is 0.264 e. The fourth-order valence-corrected chi connectivity index (χ4v) is 3.63. The normalized spacial score (nSPS) is 12.3. The lowest BCUT2D eigenvalue weighted by atomic mass is 10.2. The van der Waals surface area contributed by atoms with Crippen molar-refractivity contribution < 1.29 is 18.0 Å². The van der Waals surface area contributed by atoms with Gasteiger partial charge in [0.05, 0.1) is 10.6 Å². The number of Topliss-reactive ketones (excluding diaryl/α,β-unsaturated/α-hetero) is 1. The molecule has 0 fully saturated rings. The summed E-state index contributed by atoms with van der Waals surface area (Å²) >= 11 is 5.82. The van der Waals surface area contributed by atoms with E-state index in [1.807, 2.05) is 0 Å². The third kappa shape index (κ3) is 6.64. The Morgan fingerprint density at radius 1 is 1.03 bits per heavy atom. The number of rotatable bonds is 8. The van der Waals surface area contributed by atoms with E-state index in [4.69, 9.17) is 11.6 Å². The average molecular weight is 487 g/mol. The van der Waals surface area contributed by atoms with Crippen molar-refractivity contribution in [2.24, 2.45) is 10.2 Å². The first-order chi connectivity index (χ1) is 15.6. The summed E-state index contributed by atoms with van der Waals surface area (Å²) in [7, 11) is -3.92. The first-order valence-corrected chi connectivity index (χ1v) is 11.4. The van der Waals surface area contributed by atoms with Gasteiger partial charge in [-0.25, -0.2) is 23.1 Å². The van der Waals surface area contributed by atoms with Crippen molar-refractivity contribution in [2.75, 3.05) is 10.0 Å². The first-order valence-electron chi connectivity index (χ1n) is 9.54. The SMILES string of the molecule is CC(=O)C(N=Nc1ccc(S(=O)(=O)Nc2nccc(C)n2)cc1)C(=O)Nc1ccc(Cl)cc1. The van der Waals surface area contributed by atoms with Gasteiger partial charge in [0.25, 0.3) is 15.9 Å². The van der Waals surface area contributed by atoms with Gasteiger partial charge in [-0.2, -0.15) is 10.2 Å². The van der Waals surface area contributed by atoms with Gasteiger partial charge in [-0.15, -0.1) is 0 Å². The number of carbonyl (C=O) groups is 2. The van der Waals surface area contributed by atoms with Crippen molar-refractivity contribution in [3.63, 3.8) is 0 Å². The highest BCUT2D eigenvalue weighted by molar-refractivity contribution is 7.92. The zero-order valence-corrected chi connectivity index (χ0v) is 19.1. The number of hydrogen-bond donors (Lipinski definition) is 2. The minimum Gasteiger partial charge on any atom is -0.324 e. The molecule has 170 valence electrons. The fourth-order valence-electron chi connectivity index (χ4n) is 2.56. The molecule has 0 saturated carbocycles. The van der Waals surface area contributed by atoms with Crippen molar-refractivity contribution in [3.05, 3.63) is 71.5 Å². The van der Waals surface area contributed by atoms with Crippen LogP contribution in [0.25, 0.3) is 0 Å². The van der Waals surface area contributed by atoms with E-state index in [1.54, 1.807) is 37.3 Å². The average Bonchev–Trinajstić information content (AvgIpc) is 2.75. The molecule has 0 aliphatic rings. The van der Waals surface area contributed by atoms with Crippen LogP contribution in [0.1, 0.15) is 12.6 Å². The molecule has 1 aromatic heterocycles. The Labute approximate surface area is 195 Å². The Balaban J connectivity index is 1.71. The molecule has 0 aliphatic carbocycles. The lowest BCUT2D eigenvalue weighted by Crippen LogP contribution is -2.31. The minimum atomic E-state index is -3.92. The number of carbonyl (C=O) groups excluding carboxylic acids is 2. The van der Waals surface area contributed by atoms with Crippen molar-refractivity contribution in [1.82, 2.24) is 9.97 Å². The number of nitrogens with one attached hydrogen (secondary N) is 2. The molecule has 12 heteroatoms. The molecule has 0 radical (unpaired) electrons. The zero-order chi connectivity index (χ0) is 24.0. The number of nitrogens with zero attached hydrogens (tertiary/aromatic N) is 4. The minimum absolute atomic E-state index is 0.0462. The third-order valence-corrected chi connectivity index (χ3v) is 5.80. The summed E-state index contributed by atoms with van der Waals surface area (Å²) in [5.41, 5.74) is 1.32. The van der Waals surface area contributed by atoms with Crippen molar-refractivity contribution >= 4 is 50.6 Å². The number of hydrogen-bond acceptors (Lipinski definition) is 8. The molecule has 1 unspecified atom stereocenters. The van der Waals surface area contributed by atoms with E-state index in [9.17, 15) is 18.0 Å². The molecule has 10 nitrogen and oxygen atoms in total. The maximum Gasteiger partial charge on any atom is 0.264 e. The Hall–Kier alpha value is -3.70. The molecule has 2 N–H and O–H groups in total. The summed E-state index contributed by atoms with van der Waals surface area (Å²) in [4.78, 5) is 32.2. The first kappa shape index (κ1) is 24.0. The van der Waals surface area contributed by atoms with Gasteiger partial charge in [0.1, 0.15) is 0 Å². The van der Waals surface area contributed by atoms with Gasteiger partial charge in [0, 0.05) is 22.6 Å². The van der Waals surface area contributed by atoms with Gasteiger partial charge in [-0.3, -0.25) is 9.59 Å². The number of aromatic nitrogens is 2. The van der Waals surface area contributed by atoms with Gasteiger partial charge in [-0.1, -0.05) is 11.6 Å². The second-order valence-electron chi connectivity index (χ2n) is 6.85. The second-order valence-corrected chi connectivity index (χ2v) is 8.96. The molecule has 1 amide bonds. The largest absolute Gasteiger partial charge is 0.324 e. The molecule has 0 saturated heterocycles.